The lowest BCUT2D eigenvalue weighted by Crippen LogP contribution is -2.17. The summed E-state index contributed by atoms with van der Waals surface area (Å²) in [5.41, 5.74) is 0. The van der Waals surface area contributed by atoms with Crippen LogP contribution in [0.15, 0.2) is 29.2 Å². The normalized spacial score (nSPS) is 12.2. The molecular formula is C9H7Br3O5S. The van der Waals surface area contributed by atoms with Gasteiger partial charge in [0.2, 0.25) is 11.3 Å². The number of hydrogen-bond acceptors (Lipinski definition) is 4. The van der Waals surface area contributed by atoms with Gasteiger partial charge in [0, 0.05) is 0 Å². The molecular weight excluding hydrogens is 460 g/mol. The zero-order valence-corrected chi connectivity index (χ0v) is 14.2. The molecule has 0 aliphatic heterocycles. The van der Waals surface area contributed by atoms with Gasteiger partial charge in [0.15, 0.2) is 6.61 Å². The largest absolute Gasteiger partial charge is 0.482 e. The van der Waals surface area contributed by atoms with Crippen LogP contribution in [0.2, 0.25) is 0 Å². The minimum Gasteiger partial charge on any atom is -0.482 e. The molecule has 0 radical (unpaired) electrons. The first kappa shape index (κ1) is 15.9. The number of carboxylic acids is 1. The van der Waals surface area contributed by atoms with Gasteiger partial charge >= 0.3 is 5.97 Å². The van der Waals surface area contributed by atoms with Gasteiger partial charge in [-0.1, -0.05) is 0 Å². The molecule has 5 nitrogen and oxygen atoms in total. The van der Waals surface area contributed by atoms with Crippen LogP contribution in [-0.2, 0) is 14.6 Å². The predicted octanol–water partition coefficient (Wildman–Crippen LogP) is 2.72. The minimum absolute atomic E-state index is 0.0517. The smallest absolute Gasteiger partial charge is 0.341 e. The second-order valence-corrected chi connectivity index (χ2v) is 13.5. The Morgan fingerprint density at radius 2 is 1.72 bits per heavy atom. The second-order valence-electron chi connectivity index (χ2n) is 3.10. The number of rotatable bonds is 4. The summed E-state index contributed by atoms with van der Waals surface area (Å²) < 4.78 is 27.4. The molecule has 0 aliphatic carbocycles. The summed E-state index contributed by atoms with van der Waals surface area (Å²) in [4.78, 5) is 10.3. The third-order valence-electron chi connectivity index (χ3n) is 1.80. The van der Waals surface area contributed by atoms with Crippen molar-refractivity contribution >= 4 is 63.6 Å². The minimum atomic E-state index is -3.65. The summed E-state index contributed by atoms with van der Waals surface area (Å²) in [5.74, 6) is -0.826. The molecule has 0 fully saturated rings. The zero-order chi connectivity index (χ0) is 14.0. The Hall–Kier alpha value is -0.120. The van der Waals surface area contributed by atoms with E-state index in [4.69, 9.17) is 9.84 Å². The van der Waals surface area contributed by atoms with Crippen LogP contribution in [0.4, 0.5) is 0 Å². The lowest BCUT2D eigenvalue weighted by Gasteiger charge is -2.13. The third kappa shape index (κ3) is 3.94. The van der Waals surface area contributed by atoms with Crippen LogP contribution < -0.4 is 4.74 Å². The molecule has 100 valence electrons. The van der Waals surface area contributed by atoms with Gasteiger partial charge in [-0.25, -0.2) is 13.2 Å². The van der Waals surface area contributed by atoms with Gasteiger partial charge in [0.05, 0.1) is 4.90 Å². The van der Waals surface area contributed by atoms with E-state index in [1.165, 1.54) is 24.3 Å². The summed E-state index contributed by atoms with van der Waals surface area (Å²) in [6.45, 7) is -0.481. The SMILES string of the molecule is O=C(O)COc1ccc(S(=O)(=O)C(Br)(Br)Br)cc1. The number of hydrogen-bond donors (Lipinski definition) is 1. The van der Waals surface area contributed by atoms with Crippen LogP contribution in [0, 0.1) is 0 Å². The number of halogens is 3. The quantitative estimate of drug-likeness (QED) is 0.690. The van der Waals surface area contributed by atoms with Crippen LogP contribution in [0.1, 0.15) is 0 Å². The molecule has 1 aromatic carbocycles. The average Bonchev–Trinajstić information content (AvgIpc) is 2.25. The van der Waals surface area contributed by atoms with Crippen LogP contribution in [0.5, 0.6) is 5.75 Å². The molecule has 18 heavy (non-hydrogen) atoms. The number of benzene rings is 1. The molecule has 0 spiro atoms. The summed E-state index contributed by atoms with van der Waals surface area (Å²) in [5, 5.41) is 8.43. The summed E-state index contributed by atoms with van der Waals surface area (Å²) in [7, 11) is -3.65. The highest BCUT2D eigenvalue weighted by Gasteiger charge is 2.37. The van der Waals surface area contributed by atoms with E-state index in [1.54, 1.807) is 0 Å². The van der Waals surface area contributed by atoms with Crippen molar-refractivity contribution in [2.45, 2.75) is 6.37 Å². The van der Waals surface area contributed by atoms with Gasteiger partial charge in [-0.15, -0.1) is 0 Å². The molecule has 0 aliphatic rings. The number of alkyl halides is 3. The third-order valence-corrected chi connectivity index (χ3v) is 7.14. The molecule has 9 heteroatoms. The van der Waals surface area contributed by atoms with Crippen LogP contribution in [0.25, 0.3) is 0 Å². The molecule has 0 heterocycles. The number of carbonyl (C=O) groups is 1. The van der Waals surface area contributed by atoms with Gasteiger partial charge in [-0.05, 0) is 72.1 Å². The van der Waals surface area contributed by atoms with Crippen LogP contribution >= 0.6 is 47.8 Å². The van der Waals surface area contributed by atoms with Crippen molar-refractivity contribution in [3.63, 3.8) is 0 Å². The van der Waals surface area contributed by atoms with Crippen molar-refractivity contribution in [2.24, 2.45) is 0 Å². The van der Waals surface area contributed by atoms with E-state index in [2.05, 4.69) is 47.8 Å². The monoisotopic (exact) mass is 464 g/mol. The van der Waals surface area contributed by atoms with E-state index in [0.29, 0.717) is 0 Å². The van der Waals surface area contributed by atoms with Crippen LogP contribution in [-0.4, -0.2) is 27.6 Å². The molecule has 0 saturated carbocycles. The topological polar surface area (TPSA) is 80.7 Å². The first-order valence-corrected chi connectivity index (χ1v) is 8.27. The van der Waals surface area contributed by atoms with Gasteiger partial charge in [-0.3, -0.25) is 0 Å². The Bertz CT molecular complexity index is 532. The fourth-order valence-electron chi connectivity index (χ4n) is 0.994. The first-order chi connectivity index (χ1) is 8.14. The van der Waals surface area contributed by atoms with Gasteiger partial charge in [-0.2, -0.15) is 0 Å². The van der Waals surface area contributed by atoms with Gasteiger partial charge in [0.25, 0.3) is 0 Å². The maximum atomic E-state index is 12.0. The van der Waals surface area contributed by atoms with E-state index in [-0.39, 0.29) is 10.6 Å². The van der Waals surface area contributed by atoms with E-state index in [9.17, 15) is 13.2 Å². The lowest BCUT2D eigenvalue weighted by molar-refractivity contribution is -0.139. The molecule has 0 bridgehead atoms. The Morgan fingerprint density at radius 3 is 2.11 bits per heavy atom. The average molecular weight is 467 g/mol. The highest BCUT2D eigenvalue weighted by molar-refractivity contribution is 9.42. The zero-order valence-electron chi connectivity index (χ0n) is 8.64. The molecule has 1 N–H and O–H groups in total. The van der Waals surface area contributed by atoms with Gasteiger partial charge in [0.1, 0.15) is 5.75 Å². The number of sulfone groups is 1. The highest BCUT2D eigenvalue weighted by atomic mass is 80.0. The van der Waals surface area contributed by atoms with Gasteiger partial charge < -0.3 is 9.84 Å². The van der Waals surface area contributed by atoms with Crippen molar-refractivity contribution in [2.75, 3.05) is 6.61 Å². The summed E-state index contributed by atoms with van der Waals surface area (Å²) >= 11 is 8.82. The molecule has 0 saturated heterocycles. The lowest BCUT2D eigenvalue weighted by atomic mass is 10.3. The molecule has 1 rings (SSSR count). The summed E-state index contributed by atoms with van der Waals surface area (Å²) in [6.07, 6.45) is 0. The Morgan fingerprint density at radius 1 is 1.22 bits per heavy atom. The molecule has 0 aromatic heterocycles. The summed E-state index contributed by atoms with van der Waals surface area (Å²) in [6, 6.07) is 5.42. The van der Waals surface area contributed by atoms with E-state index < -0.39 is 23.9 Å². The maximum Gasteiger partial charge on any atom is 0.341 e. The fourth-order valence-corrected chi connectivity index (χ4v) is 3.44. The van der Waals surface area contributed by atoms with Crippen molar-refractivity contribution < 1.29 is 23.1 Å². The van der Waals surface area contributed by atoms with E-state index in [0.717, 1.165) is 0 Å². The van der Waals surface area contributed by atoms with Crippen LogP contribution in [0.3, 0.4) is 0 Å². The number of ether oxygens (including phenoxy) is 1. The molecule has 0 amide bonds. The number of aliphatic carboxylic acids is 1. The Balaban J connectivity index is 2.93. The number of carboxylic acid groups (broad SMARTS) is 1. The Labute approximate surface area is 129 Å². The van der Waals surface area contributed by atoms with Crippen molar-refractivity contribution in [3.8, 4) is 5.75 Å². The Kier molecular flexibility index (Phi) is 5.22. The fraction of sp³-hybridized carbons (Fsp3) is 0.222. The highest BCUT2D eigenvalue weighted by Crippen LogP contribution is 2.43. The second kappa shape index (κ2) is 5.89. The van der Waals surface area contributed by atoms with E-state index in [1.807, 2.05) is 0 Å². The molecule has 0 unspecified atom stereocenters. The van der Waals surface area contributed by atoms with E-state index >= 15 is 0 Å². The van der Waals surface area contributed by atoms with Crippen molar-refractivity contribution in [3.05, 3.63) is 24.3 Å². The van der Waals surface area contributed by atoms with Crippen molar-refractivity contribution in [1.82, 2.24) is 0 Å². The predicted molar refractivity (Wildman–Crippen MR) is 76.3 cm³/mol. The van der Waals surface area contributed by atoms with Crippen molar-refractivity contribution in [1.29, 1.82) is 0 Å². The molecule has 1 aromatic rings. The maximum absolute atomic E-state index is 12.0. The standard InChI is InChI=1S/C9H7Br3O5S/c10-9(11,12)18(15,16)7-3-1-6(2-4-7)17-5-8(13)14/h1-4H,5H2,(H,13,14). The molecule has 0 atom stereocenters. The first-order valence-electron chi connectivity index (χ1n) is 4.40.